The number of aromatic carboxylic acids is 1. The smallest absolute Gasteiger partial charge is 0.335 e. The summed E-state index contributed by atoms with van der Waals surface area (Å²) in [6.07, 6.45) is 0. The first-order chi connectivity index (χ1) is 9.17. The molecule has 0 aliphatic heterocycles. The molecule has 7 nitrogen and oxygen atoms in total. The predicted molar refractivity (Wildman–Crippen MR) is 65.0 cm³/mol. The Morgan fingerprint density at radius 1 is 1.37 bits per heavy atom. The SMILES string of the molecule is COCc1c(CO)nnn1-c1ccc(C(=O)O)cc1. The number of rotatable bonds is 5. The van der Waals surface area contributed by atoms with Crippen LogP contribution >= 0.6 is 0 Å². The summed E-state index contributed by atoms with van der Waals surface area (Å²) in [6, 6.07) is 6.21. The Labute approximate surface area is 109 Å². The highest BCUT2D eigenvalue weighted by Gasteiger charge is 2.13. The lowest BCUT2D eigenvalue weighted by Gasteiger charge is -2.06. The average Bonchev–Trinajstić information content (AvgIpc) is 2.82. The van der Waals surface area contributed by atoms with Crippen molar-refractivity contribution >= 4 is 5.97 Å². The molecular formula is C12H13N3O4. The molecule has 2 N–H and O–H groups in total. The van der Waals surface area contributed by atoms with Gasteiger partial charge in [-0.2, -0.15) is 0 Å². The summed E-state index contributed by atoms with van der Waals surface area (Å²) in [5.41, 5.74) is 1.92. The van der Waals surface area contributed by atoms with Crippen LogP contribution in [0.15, 0.2) is 24.3 Å². The number of aromatic nitrogens is 3. The molecular weight excluding hydrogens is 250 g/mol. The summed E-state index contributed by atoms with van der Waals surface area (Å²) < 4.78 is 6.56. The first kappa shape index (κ1) is 13.2. The van der Waals surface area contributed by atoms with Crippen molar-refractivity contribution in [2.75, 3.05) is 7.11 Å². The summed E-state index contributed by atoms with van der Waals surface area (Å²) in [4.78, 5) is 10.8. The largest absolute Gasteiger partial charge is 0.478 e. The highest BCUT2D eigenvalue weighted by atomic mass is 16.5. The van der Waals surface area contributed by atoms with E-state index < -0.39 is 5.97 Å². The molecule has 0 bridgehead atoms. The lowest BCUT2D eigenvalue weighted by Crippen LogP contribution is -2.05. The molecule has 0 aliphatic rings. The fourth-order valence-electron chi connectivity index (χ4n) is 1.69. The zero-order valence-corrected chi connectivity index (χ0v) is 10.3. The molecule has 0 fully saturated rings. The molecule has 19 heavy (non-hydrogen) atoms. The second kappa shape index (κ2) is 5.59. The standard InChI is InChI=1S/C12H13N3O4/c1-19-7-11-10(6-16)13-14-15(11)9-4-2-8(3-5-9)12(17)18/h2-5,16H,6-7H2,1H3,(H,17,18). The third kappa shape index (κ3) is 2.61. The van der Waals surface area contributed by atoms with Crippen LogP contribution in [0.3, 0.4) is 0 Å². The maximum atomic E-state index is 10.8. The third-order valence-corrected chi connectivity index (χ3v) is 2.63. The number of aliphatic hydroxyl groups is 1. The molecule has 1 heterocycles. The van der Waals surface area contributed by atoms with Gasteiger partial charge in [-0.25, -0.2) is 9.48 Å². The summed E-state index contributed by atoms with van der Waals surface area (Å²) in [6.45, 7) is 0.0233. The fourth-order valence-corrected chi connectivity index (χ4v) is 1.69. The molecule has 0 spiro atoms. The normalized spacial score (nSPS) is 10.6. The van der Waals surface area contributed by atoms with Gasteiger partial charge in [-0.15, -0.1) is 5.10 Å². The van der Waals surface area contributed by atoms with E-state index in [1.807, 2.05) is 0 Å². The van der Waals surface area contributed by atoms with Crippen LogP contribution < -0.4 is 0 Å². The van der Waals surface area contributed by atoms with E-state index in [4.69, 9.17) is 9.84 Å². The van der Waals surface area contributed by atoms with Crippen molar-refractivity contribution in [2.45, 2.75) is 13.2 Å². The highest BCUT2D eigenvalue weighted by Crippen LogP contribution is 2.15. The summed E-state index contributed by atoms with van der Waals surface area (Å²) >= 11 is 0. The van der Waals surface area contributed by atoms with Gasteiger partial charge in [0.15, 0.2) is 0 Å². The molecule has 0 unspecified atom stereocenters. The molecule has 0 atom stereocenters. The Kier molecular flexibility index (Phi) is 3.88. The first-order valence-electron chi connectivity index (χ1n) is 5.54. The van der Waals surface area contributed by atoms with E-state index >= 15 is 0 Å². The number of hydrogen-bond donors (Lipinski definition) is 2. The van der Waals surface area contributed by atoms with Crippen LogP contribution in [-0.4, -0.2) is 38.3 Å². The van der Waals surface area contributed by atoms with Crippen molar-refractivity contribution in [1.29, 1.82) is 0 Å². The van der Waals surface area contributed by atoms with Crippen LogP contribution in [0.4, 0.5) is 0 Å². The monoisotopic (exact) mass is 263 g/mol. The van der Waals surface area contributed by atoms with Crippen LogP contribution in [0.25, 0.3) is 5.69 Å². The zero-order chi connectivity index (χ0) is 13.8. The van der Waals surface area contributed by atoms with Gasteiger partial charge in [0.25, 0.3) is 0 Å². The number of carboxylic acids is 1. The van der Waals surface area contributed by atoms with Gasteiger partial charge in [-0.3, -0.25) is 0 Å². The maximum absolute atomic E-state index is 10.8. The predicted octanol–water partition coefficient (Wildman–Crippen LogP) is 0.604. The molecule has 0 saturated heterocycles. The number of ether oxygens (including phenoxy) is 1. The average molecular weight is 263 g/mol. The second-order valence-corrected chi connectivity index (χ2v) is 3.84. The molecule has 100 valence electrons. The lowest BCUT2D eigenvalue weighted by molar-refractivity contribution is 0.0697. The van der Waals surface area contributed by atoms with Crippen molar-refractivity contribution in [3.8, 4) is 5.69 Å². The van der Waals surface area contributed by atoms with Gasteiger partial charge in [-0.1, -0.05) is 5.21 Å². The zero-order valence-electron chi connectivity index (χ0n) is 10.3. The van der Waals surface area contributed by atoms with Gasteiger partial charge in [0.1, 0.15) is 5.69 Å². The van der Waals surface area contributed by atoms with E-state index in [0.717, 1.165) is 0 Å². The Morgan fingerprint density at radius 3 is 2.58 bits per heavy atom. The van der Waals surface area contributed by atoms with Crippen LogP contribution in [0.2, 0.25) is 0 Å². The lowest BCUT2D eigenvalue weighted by atomic mass is 10.2. The minimum absolute atomic E-state index is 0.194. The quantitative estimate of drug-likeness (QED) is 0.820. The van der Waals surface area contributed by atoms with E-state index in [-0.39, 0.29) is 18.8 Å². The minimum atomic E-state index is -0.988. The van der Waals surface area contributed by atoms with Gasteiger partial charge in [0.2, 0.25) is 0 Å². The maximum Gasteiger partial charge on any atom is 0.335 e. The van der Waals surface area contributed by atoms with E-state index in [1.54, 1.807) is 12.1 Å². The Balaban J connectivity index is 2.40. The van der Waals surface area contributed by atoms with Crippen LogP contribution in [0.5, 0.6) is 0 Å². The van der Waals surface area contributed by atoms with Crippen LogP contribution in [0, 0.1) is 0 Å². The minimum Gasteiger partial charge on any atom is -0.478 e. The molecule has 0 amide bonds. The van der Waals surface area contributed by atoms with Gasteiger partial charge >= 0.3 is 5.97 Å². The van der Waals surface area contributed by atoms with E-state index in [1.165, 1.54) is 23.9 Å². The van der Waals surface area contributed by atoms with Crippen molar-refractivity contribution in [1.82, 2.24) is 15.0 Å². The number of aliphatic hydroxyl groups excluding tert-OH is 1. The highest BCUT2D eigenvalue weighted by molar-refractivity contribution is 5.87. The van der Waals surface area contributed by atoms with Crippen molar-refractivity contribution in [2.24, 2.45) is 0 Å². The molecule has 0 aliphatic carbocycles. The van der Waals surface area contributed by atoms with Gasteiger partial charge < -0.3 is 14.9 Å². The third-order valence-electron chi connectivity index (χ3n) is 2.63. The van der Waals surface area contributed by atoms with E-state index in [2.05, 4.69) is 10.3 Å². The Bertz CT molecular complexity index is 577. The Morgan fingerprint density at radius 2 is 2.05 bits per heavy atom. The molecule has 2 aromatic rings. The number of nitrogens with zero attached hydrogens (tertiary/aromatic N) is 3. The second-order valence-electron chi connectivity index (χ2n) is 3.84. The van der Waals surface area contributed by atoms with Gasteiger partial charge in [0, 0.05) is 7.11 Å². The number of carbonyl (C=O) groups is 1. The molecule has 0 radical (unpaired) electrons. The molecule has 1 aromatic heterocycles. The summed E-state index contributed by atoms with van der Waals surface area (Å²) in [7, 11) is 1.53. The van der Waals surface area contributed by atoms with E-state index in [0.29, 0.717) is 17.1 Å². The van der Waals surface area contributed by atoms with Crippen LogP contribution in [-0.2, 0) is 18.0 Å². The molecule has 2 rings (SSSR count). The topological polar surface area (TPSA) is 97.5 Å². The number of methoxy groups -OCH3 is 1. The number of benzene rings is 1. The Hall–Kier alpha value is -2.25. The van der Waals surface area contributed by atoms with Crippen molar-refractivity contribution < 1.29 is 19.7 Å². The number of carboxylic acid groups (broad SMARTS) is 1. The molecule has 0 saturated carbocycles. The van der Waals surface area contributed by atoms with Crippen molar-refractivity contribution in [3.05, 3.63) is 41.2 Å². The molecule has 7 heteroatoms. The summed E-state index contributed by atoms with van der Waals surface area (Å²) in [5, 5.41) is 25.8. The van der Waals surface area contributed by atoms with Crippen molar-refractivity contribution in [3.63, 3.8) is 0 Å². The van der Waals surface area contributed by atoms with Gasteiger partial charge in [0.05, 0.1) is 30.2 Å². The number of hydrogen-bond acceptors (Lipinski definition) is 5. The van der Waals surface area contributed by atoms with E-state index in [9.17, 15) is 9.90 Å². The van der Waals surface area contributed by atoms with Crippen LogP contribution in [0.1, 0.15) is 21.7 Å². The molecule has 1 aromatic carbocycles. The fraction of sp³-hybridized carbons (Fsp3) is 0.250. The van der Waals surface area contributed by atoms with Gasteiger partial charge in [-0.05, 0) is 24.3 Å². The first-order valence-corrected chi connectivity index (χ1v) is 5.54. The summed E-state index contributed by atoms with van der Waals surface area (Å²) in [5.74, 6) is -0.988.